The monoisotopic (exact) mass is 736 g/mol. The first-order valence-electron chi connectivity index (χ1n) is 17.7. The Kier molecular flexibility index (Phi) is 10.5. The lowest BCUT2D eigenvalue weighted by Crippen LogP contribution is -2.41. The fraction of sp³-hybridized carbons (Fsp3) is 0.514. The van der Waals surface area contributed by atoms with Gasteiger partial charge in [0.2, 0.25) is 5.88 Å². The van der Waals surface area contributed by atoms with E-state index in [1.54, 1.807) is 36.3 Å². The molecule has 1 aliphatic carbocycles. The number of aromatic nitrogens is 8. The van der Waals surface area contributed by atoms with Crippen molar-refractivity contribution < 1.29 is 27.1 Å². The third-order valence-electron chi connectivity index (χ3n) is 9.89. The smallest absolute Gasteiger partial charge is 0.434 e. The Bertz CT molecular complexity index is 2030. The van der Waals surface area contributed by atoms with Crippen molar-refractivity contribution in [2.45, 2.75) is 103 Å². The summed E-state index contributed by atoms with van der Waals surface area (Å²) in [7, 11) is -0.305. The van der Waals surface area contributed by atoms with Crippen LogP contribution in [0, 0.1) is 0 Å². The van der Waals surface area contributed by atoms with Crippen LogP contribution in [0.4, 0.5) is 13.2 Å². The van der Waals surface area contributed by atoms with Gasteiger partial charge in [0.25, 0.3) is 0 Å². The molecule has 0 unspecified atom stereocenters. The fourth-order valence-electron chi connectivity index (χ4n) is 5.70. The summed E-state index contributed by atoms with van der Waals surface area (Å²) >= 11 is 0. The van der Waals surface area contributed by atoms with E-state index >= 15 is 0 Å². The molecule has 0 radical (unpaired) electrons. The van der Waals surface area contributed by atoms with E-state index in [9.17, 15) is 13.2 Å². The number of nitrogens with zero attached hydrogens (tertiary/aromatic N) is 8. The lowest BCUT2D eigenvalue weighted by Gasteiger charge is -2.36. The minimum atomic E-state index is -4.57. The number of methoxy groups -OCH3 is 1. The molecule has 1 aliphatic rings. The van der Waals surface area contributed by atoms with Gasteiger partial charge in [0.15, 0.2) is 25.5 Å². The second-order valence-corrected chi connectivity index (χ2v) is 19.9. The minimum absolute atomic E-state index is 0.120. The third kappa shape index (κ3) is 7.99. The molecule has 0 aliphatic heterocycles. The molecular weight excluding hydrogens is 690 g/mol. The Morgan fingerprint density at radius 3 is 2.40 bits per heavy atom. The second-order valence-electron chi connectivity index (χ2n) is 15.1. The van der Waals surface area contributed by atoms with Gasteiger partial charge in [-0.25, -0.2) is 29.6 Å². The van der Waals surface area contributed by atoms with Gasteiger partial charge in [0.1, 0.15) is 23.5 Å². The molecule has 278 valence electrons. The molecule has 52 heavy (non-hydrogen) atoms. The van der Waals surface area contributed by atoms with E-state index in [1.165, 1.54) is 10.9 Å². The van der Waals surface area contributed by atoms with E-state index in [1.807, 2.05) is 19.9 Å². The standard InChI is InChI=1S/C37H47F3N8O3Si/c1-23(2)47-21-29(37(38,39)40)45-33(47)25-13-14-26(28(17-25)50-15-9-10-16-51-52(7,8)36(3,4)5)20-48-34-27(19-44-48)18-41-32(46-34)30-31(24-11-12-24)42-22-43-35(30)49-6/h13-14,17-19,21-24H,9-12,15-16,20H2,1-8H3. The van der Waals surface area contributed by atoms with Crippen molar-refractivity contribution in [3.63, 3.8) is 0 Å². The lowest BCUT2D eigenvalue weighted by molar-refractivity contribution is -0.140. The van der Waals surface area contributed by atoms with Gasteiger partial charge in [0.05, 0.1) is 37.5 Å². The van der Waals surface area contributed by atoms with Crippen molar-refractivity contribution in [3.05, 3.63) is 60.1 Å². The number of imidazole rings is 1. The summed E-state index contributed by atoms with van der Waals surface area (Å²) in [6.07, 6.45) is 5.03. The number of halogens is 3. The molecule has 0 N–H and O–H groups in total. The molecule has 1 saturated carbocycles. The predicted molar refractivity (Wildman–Crippen MR) is 195 cm³/mol. The summed E-state index contributed by atoms with van der Waals surface area (Å²) in [5, 5.41) is 5.50. The summed E-state index contributed by atoms with van der Waals surface area (Å²) in [4.78, 5) is 22.4. The number of ether oxygens (including phenoxy) is 2. The van der Waals surface area contributed by atoms with Crippen LogP contribution >= 0.6 is 0 Å². The highest BCUT2D eigenvalue weighted by Crippen LogP contribution is 2.45. The zero-order chi connectivity index (χ0) is 37.4. The molecular formula is C37H47F3N8O3Si. The Balaban J connectivity index is 1.31. The largest absolute Gasteiger partial charge is 0.493 e. The van der Waals surface area contributed by atoms with E-state index in [2.05, 4.69) is 58.9 Å². The van der Waals surface area contributed by atoms with Crippen molar-refractivity contribution in [1.82, 2.24) is 39.3 Å². The summed E-state index contributed by atoms with van der Waals surface area (Å²) in [5.74, 6) is 1.92. The summed E-state index contributed by atoms with van der Waals surface area (Å²) < 4.78 is 62.9. The van der Waals surface area contributed by atoms with Crippen LogP contribution < -0.4 is 9.47 Å². The molecule has 0 spiro atoms. The van der Waals surface area contributed by atoms with Gasteiger partial charge in [-0.05, 0) is 63.7 Å². The molecule has 4 aromatic heterocycles. The third-order valence-corrected chi connectivity index (χ3v) is 14.4. The maximum absolute atomic E-state index is 13.8. The van der Waals surface area contributed by atoms with E-state index < -0.39 is 20.2 Å². The molecule has 0 atom stereocenters. The number of hydrogen-bond acceptors (Lipinski definition) is 9. The second kappa shape index (κ2) is 14.6. The number of fused-ring (bicyclic) bond motifs is 1. The Morgan fingerprint density at radius 1 is 0.981 bits per heavy atom. The van der Waals surface area contributed by atoms with Gasteiger partial charge in [-0.3, -0.25) is 0 Å². The van der Waals surface area contributed by atoms with E-state index in [-0.39, 0.29) is 23.4 Å². The maximum atomic E-state index is 13.8. The molecule has 0 bridgehead atoms. The quantitative estimate of drug-likeness (QED) is 0.0815. The lowest BCUT2D eigenvalue weighted by atomic mass is 10.1. The number of rotatable bonds is 14. The summed E-state index contributed by atoms with van der Waals surface area (Å²) in [6.45, 7) is 16.1. The van der Waals surface area contributed by atoms with Crippen molar-refractivity contribution >= 4 is 19.4 Å². The first kappa shape index (κ1) is 37.4. The molecule has 11 nitrogen and oxygen atoms in total. The molecule has 0 amide bonds. The molecule has 6 rings (SSSR count). The maximum Gasteiger partial charge on any atom is 0.434 e. The van der Waals surface area contributed by atoms with E-state index in [0.29, 0.717) is 53.4 Å². The topological polar surface area (TPSA) is 115 Å². The van der Waals surface area contributed by atoms with Crippen LogP contribution in [0.2, 0.25) is 18.1 Å². The first-order valence-corrected chi connectivity index (χ1v) is 20.6. The van der Waals surface area contributed by atoms with Crippen molar-refractivity contribution in [2.24, 2.45) is 0 Å². The van der Waals surface area contributed by atoms with Crippen LogP contribution in [0.3, 0.4) is 0 Å². The van der Waals surface area contributed by atoms with Crippen LogP contribution in [-0.4, -0.2) is 67.9 Å². The molecule has 0 saturated heterocycles. The summed E-state index contributed by atoms with van der Waals surface area (Å²) in [6, 6.07) is 5.15. The van der Waals surface area contributed by atoms with Crippen molar-refractivity contribution in [2.75, 3.05) is 20.3 Å². The van der Waals surface area contributed by atoms with Gasteiger partial charge >= 0.3 is 6.18 Å². The average Bonchev–Trinajstić information content (AvgIpc) is 3.70. The highest BCUT2D eigenvalue weighted by molar-refractivity contribution is 6.74. The molecule has 4 heterocycles. The van der Waals surface area contributed by atoms with Crippen LogP contribution in [0.1, 0.15) is 89.2 Å². The normalized spacial score (nSPS) is 14.1. The Labute approximate surface area is 303 Å². The number of hydrogen-bond donors (Lipinski definition) is 0. The Hall–Kier alpha value is -4.37. The minimum Gasteiger partial charge on any atom is -0.493 e. The number of benzene rings is 1. The van der Waals surface area contributed by atoms with Crippen LogP contribution in [0.15, 0.2) is 43.1 Å². The van der Waals surface area contributed by atoms with Crippen LogP contribution in [0.25, 0.3) is 33.8 Å². The zero-order valence-electron chi connectivity index (χ0n) is 31.1. The van der Waals surface area contributed by atoms with Crippen LogP contribution in [0.5, 0.6) is 11.6 Å². The molecule has 15 heteroatoms. The first-order chi connectivity index (χ1) is 24.6. The van der Waals surface area contributed by atoms with Gasteiger partial charge in [-0.15, -0.1) is 0 Å². The van der Waals surface area contributed by atoms with E-state index in [0.717, 1.165) is 48.5 Å². The summed E-state index contributed by atoms with van der Waals surface area (Å²) in [5.41, 5.74) is 2.50. The van der Waals surface area contributed by atoms with Crippen molar-refractivity contribution in [1.29, 1.82) is 0 Å². The SMILES string of the molecule is COc1ncnc(C2CC2)c1-c1ncc2cnn(Cc3ccc(-c4nc(C(F)(F)F)cn4C(C)C)cc3OCCCCO[Si](C)(C)C(C)(C)C)c2n1. The Morgan fingerprint density at radius 2 is 1.73 bits per heavy atom. The average molecular weight is 737 g/mol. The molecule has 5 aromatic rings. The highest BCUT2D eigenvalue weighted by atomic mass is 28.4. The zero-order valence-corrected chi connectivity index (χ0v) is 32.1. The van der Waals surface area contributed by atoms with E-state index in [4.69, 9.17) is 18.9 Å². The molecule has 1 aromatic carbocycles. The van der Waals surface area contributed by atoms with Gasteiger partial charge in [-0.1, -0.05) is 32.9 Å². The number of alkyl halides is 3. The van der Waals surface area contributed by atoms with Gasteiger partial charge in [-0.2, -0.15) is 18.3 Å². The van der Waals surface area contributed by atoms with Crippen molar-refractivity contribution in [3.8, 4) is 34.4 Å². The highest BCUT2D eigenvalue weighted by Gasteiger charge is 2.37. The van der Waals surface area contributed by atoms with Gasteiger partial charge < -0.3 is 18.5 Å². The van der Waals surface area contributed by atoms with Gasteiger partial charge in [0, 0.05) is 42.1 Å². The predicted octanol–water partition coefficient (Wildman–Crippen LogP) is 8.86. The van der Waals surface area contributed by atoms with Crippen LogP contribution in [-0.2, 0) is 17.1 Å². The molecule has 1 fully saturated rings. The fourth-order valence-corrected chi connectivity index (χ4v) is 6.79. The number of unbranched alkanes of at least 4 members (excludes halogenated alkanes) is 1.